The van der Waals surface area contributed by atoms with Crippen molar-refractivity contribution < 1.29 is 18.8 Å². The molecule has 2 saturated heterocycles. The van der Waals surface area contributed by atoms with E-state index in [1.54, 1.807) is 17.9 Å². The molecule has 5 atom stereocenters. The van der Waals surface area contributed by atoms with Crippen molar-refractivity contribution in [3.05, 3.63) is 24.0 Å². The molecule has 7 nitrogen and oxygen atoms in total. The highest BCUT2D eigenvalue weighted by molar-refractivity contribution is 6.02. The lowest BCUT2D eigenvalue weighted by molar-refractivity contribution is -0.132. The number of hydrogen-bond acceptors (Lipinski definition) is 5. The second-order valence-electron chi connectivity index (χ2n) is 8.85. The Labute approximate surface area is 165 Å². The molecule has 2 bridgehead atoms. The Morgan fingerprint density at radius 2 is 2.18 bits per heavy atom. The van der Waals surface area contributed by atoms with Gasteiger partial charge >= 0.3 is 0 Å². The lowest BCUT2D eigenvalue weighted by Gasteiger charge is -2.25. The van der Waals surface area contributed by atoms with Gasteiger partial charge in [-0.2, -0.15) is 0 Å². The third kappa shape index (κ3) is 3.15. The number of carbonyl (C=O) groups is 2. The van der Waals surface area contributed by atoms with Gasteiger partial charge in [0.1, 0.15) is 11.4 Å². The van der Waals surface area contributed by atoms with Gasteiger partial charge < -0.3 is 14.6 Å². The van der Waals surface area contributed by atoms with Gasteiger partial charge in [0, 0.05) is 12.1 Å². The Bertz CT molecular complexity index is 801. The third-order valence-electron chi connectivity index (χ3n) is 6.10. The van der Waals surface area contributed by atoms with Crippen LogP contribution in [-0.4, -0.2) is 41.3 Å². The number of ether oxygens (including phenoxy) is 1. The monoisotopic (exact) mass is 387 g/mol. The van der Waals surface area contributed by atoms with E-state index < -0.39 is 17.4 Å². The van der Waals surface area contributed by atoms with E-state index in [0.717, 1.165) is 19.3 Å². The van der Waals surface area contributed by atoms with E-state index in [9.17, 15) is 9.59 Å². The molecule has 0 aromatic carbocycles. The first kappa shape index (κ1) is 19.2. The summed E-state index contributed by atoms with van der Waals surface area (Å²) in [6.07, 6.45) is 6.70. The highest BCUT2D eigenvalue weighted by Gasteiger charge is 2.67. The van der Waals surface area contributed by atoms with Crippen LogP contribution in [0.1, 0.15) is 45.8 Å². The molecule has 2 fully saturated rings. The van der Waals surface area contributed by atoms with E-state index in [0.29, 0.717) is 24.0 Å². The summed E-state index contributed by atoms with van der Waals surface area (Å²) in [5.41, 5.74) is -0.739. The number of hydrogen-bond donors (Lipinski definition) is 1. The number of carbonyl (C=O) groups excluding carboxylic acids is 2. The van der Waals surface area contributed by atoms with E-state index in [1.807, 2.05) is 19.1 Å². The SMILES string of the molecule is Cc1cc(N2C[C@]34C=CC(O3)C(C(=O)NC(C)CCCC(C)C)C4C2=O)no1. The first-order valence-corrected chi connectivity index (χ1v) is 10.2. The fourth-order valence-electron chi connectivity index (χ4n) is 4.72. The standard InChI is InChI=1S/C21H29N3O4/c1-12(2)6-5-7-13(3)22-19(25)17-15-8-9-21(27-15)11-24(20(26)18(17)21)16-10-14(4)28-23-16/h8-10,12-13,15,17-18H,5-7,11H2,1-4H3,(H,22,25)/t13?,15?,17?,18?,21-/m0/s1. The summed E-state index contributed by atoms with van der Waals surface area (Å²) < 4.78 is 11.3. The second-order valence-corrected chi connectivity index (χ2v) is 8.85. The van der Waals surface area contributed by atoms with Gasteiger partial charge in [-0.3, -0.25) is 14.5 Å². The van der Waals surface area contributed by atoms with Crippen LogP contribution in [0, 0.1) is 24.7 Å². The van der Waals surface area contributed by atoms with Crippen molar-refractivity contribution >= 4 is 17.6 Å². The summed E-state index contributed by atoms with van der Waals surface area (Å²) in [7, 11) is 0. The summed E-state index contributed by atoms with van der Waals surface area (Å²) in [4.78, 5) is 27.8. The average Bonchev–Trinajstić information content (AvgIpc) is 3.35. The minimum atomic E-state index is -0.739. The molecule has 3 aliphatic heterocycles. The van der Waals surface area contributed by atoms with Crippen LogP contribution in [0.5, 0.6) is 0 Å². The number of nitrogens with one attached hydrogen (secondary N) is 1. The Morgan fingerprint density at radius 1 is 1.39 bits per heavy atom. The number of anilines is 1. The van der Waals surface area contributed by atoms with Crippen LogP contribution >= 0.6 is 0 Å². The minimum Gasteiger partial charge on any atom is -0.360 e. The van der Waals surface area contributed by atoms with Gasteiger partial charge in [0.2, 0.25) is 11.8 Å². The number of fused-ring (bicyclic) bond motifs is 1. The average molecular weight is 387 g/mol. The van der Waals surface area contributed by atoms with Gasteiger partial charge in [0.15, 0.2) is 5.82 Å². The third-order valence-corrected chi connectivity index (χ3v) is 6.10. The maximum atomic E-state index is 13.2. The van der Waals surface area contributed by atoms with Crippen LogP contribution in [-0.2, 0) is 14.3 Å². The van der Waals surface area contributed by atoms with E-state index >= 15 is 0 Å². The number of nitrogens with zero attached hydrogens (tertiary/aromatic N) is 2. The van der Waals surface area contributed by atoms with Crippen molar-refractivity contribution in [2.75, 3.05) is 11.4 Å². The Hall–Kier alpha value is -2.15. The van der Waals surface area contributed by atoms with Gasteiger partial charge in [-0.25, -0.2) is 0 Å². The zero-order chi connectivity index (χ0) is 20.1. The van der Waals surface area contributed by atoms with Crippen molar-refractivity contribution in [3.8, 4) is 0 Å². The van der Waals surface area contributed by atoms with Crippen LogP contribution in [0.2, 0.25) is 0 Å². The number of amides is 2. The molecule has 1 spiro atoms. The van der Waals surface area contributed by atoms with Crippen molar-refractivity contribution in [1.82, 2.24) is 10.5 Å². The number of rotatable bonds is 7. The van der Waals surface area contributed by atoms with Gasteiger partial charge in [-0.05, 0) is 26.2 Å². The Kier molecular flexibility index (Phi) is 4.81. The van der Waals surface area contributed by atoms with Gasteiger partial charge in [0.05, 0.1) is 24.5 Å². The summed E-state index contributed by atoms with van der Waals surface area (Å²) in [6, 6.07) is 1.81. The topological polar surface area (TPSA) is 84.7 Å². The quantitative estimate of drug-likeness (QED) is 0.727. The molecule has 2 amide bonds. The molecule has 1 N–H and O–H groups in total. The molecule has 0 radical (unpaired) electrons. The van der Waals surface area contributed by atoms with Crippen LogP contribution < -0.4 is 10.2 Å². The van der Waals surface area contributed by atoms with Crippen molar-refractivity contribution in [2.45, 2.75) is 64.7 Å². The number of aryl methyl sites for hydroxylation is 1. The Balaban J connectivity index is 1.46. The highest BCUT2D eigenvalue weighted by atomic mass is 16.5. The van der Waals surface area contributed by atoms with E-state index in [2.05, 4.69) is 24.3 Å². The maximum absolute atomic E-state index is 13.2. The lowest BCUT2D eigenvalue weighted by atomic mass is 9.76. The minimum absolute atomic E-state index is 0.0797. The summed E-state index contributed by atoms with van der Waals surface area (Å²) >= 11 is 0. The molecule has 152 valence electrons. The molecule has 4 heterocycles. The van der Waals surface area contributed by atoms with Crippen LogP contribution in [0.4, 0.5) is 5.82 Å². The van der Waals surface area contributed by atoms with Gasteiger partial charge in [-0.1, -0.05) is 44.0 Å². The molecule has 3 aliphatic rings. The fourth-order valence-corrected chi connectivity index (χ4v) is 4.72. The van der Waals surface area contributed by atoms with Gasteiger partial charge in [-0.15, -0.1) is 0 Å². The molecular formula is C21H29N3O4. The zero-order valence-corrected chi connectivity index (χ0v) is 17.0. The molecule has 28 heavy (non-hydrogen) atoms. The Morgan fingerprint density at radius 3 is 2.86 bits per heavy atom. The van der Waals surface area contributed by atoms with E-state index in [1.165, 1.54) is 0 Å². The molecule has 0 saturated carbocycles. The van der Waals surface area contributed by atoms with Crippen LogP contribution in [0.15, 0.2) is 22.7 Å². The molecule has 0 aliphatic carbocycles. The molecule has 4 rings (SSSR count). The number of aromatic nitrogens is 1. The molecule has 4 unspecified atom stereocenters. The van der Waals surface area contributed by atoms with E-state index in [-0.39, 0.29) is 24.0 Å². The second kappa shape index (κ2) is 7.03. The van der Waals surface area contributed by atoms with Gasteiger partial charge in [0.25, 0.3) is 0 Å². The van der Waals surface area contributed by atoms with Crippen LogP contribution in [0.25, 0.3) is 0 Å². The smallest absolute Gasteiger partial charge is 0.235 e. The normalized spacial score (nSPS) is 31.7. The van der Waals surface area contributed by atoms with Crippen LogP contribution in [0.3, 0.4) is 0 Å². The summed E-state index contributed by atoms with van der Waals surface area (Å²) in [6.45, 7) is 8.59. The summed E-state index contributed by atoms with van der Waals surface area (Å²) in [5.74, 6) is 0.563. The van der Waals surface area contributed by atoms with Crippen molar-refractivity contribution in [1.29, 1.82) is 0 Å². The van der Waals surface area contributed by atoms with Crippen molar-refractivity contribution in [2.24, 2.45) is 17.8 Å². The predicted molar refractivity (Wildman–Crippen MR) is 104 cm³/mol. The van der Waals surface area contributed by atoms with E-state index in [4.69, 9.17) is 9.26 Å². The molecule has 7 heteroatoms. The van der Waals surface area contributed by atoms with Crippen molar-refractivity contribution in [3.63, 3.8) is 0 Å². The predicted octanol–water partition coefficient (Wildman–Crippen LogP) is 2.60. The molecule has 1 aromatic rings. The largest absolute Gasteiger partial charge is 0.360 e. The highest BCUT2D eigenvalue weighted by Crippen LogP contribution is 2.52. The maximum Gasteiger partial charge on any atom is 0.235 e. The molecule has 1 aromatic heterocycles. The summed E-state index contributed by atoms with van der Waals surface area (Å²) in [5, 5.41) is 7.08. The zero-order valence-electron chi connectivity index (χ0n) is 17.0. The molecular weight excluding hydrogens is 358 g/mol. The first-order valence-electron chi connectivity index (χ1n) is 10.2. The first-order chi connectivity index (χ1) is 13.3. The lowest BCUT2D eigenvalue weighted by Crippen LogP contribution is -2.46. The fraction of sp³-hybridized carbons (Fsp3) is 0.667.